The molecule has 6 heteroatoms. The number of rotatable bonds is 6. The molecule has 2 rings (SSSR count). The second kappa shape index (κ2) is 6.88. The molecule has 2 aromatic rings. The molecule has 0 bridgehead atoms. The summed E-state index contributed by atoms with van der Waals surface area (Å²) >= 11 is 0. The number of hydrogen-bond donors (Lipinski definition) is 1. The number of ether oxygens (including phenoxy) is 1. The number of halogens is 2. The van der Waals surface area contributed by atoms with Crippen LogP contribution in [0.3, 0.4) is 0 Å². The van der Waals surface area contributed by atoms with Gasteiger partial charge in [-0.15, -0.1) is 0 Å². The van der Waals surface area contributed by atoms with E-state index in [0.29, 0.717) is 12.3 Å². The Morgan fingerprint density at radius 1 is 1.29 bits per heavy atom. The Balaban J connectivity index is 1.95. The van der Waals surface area contributed by atoms with Crippen molar-refractivity contribution in [3.05, 3.63) is 53.5 Å². The van der Waals surface area contributed by atoms with Crippen LogP contribution in [0.4, 0.5) is 8.78 Å². The number of carbonyl (C=O) groups is 1. The lowest BCUT2D eigenvalue weighted by Crippen LogP contribution is -2.23. The van der Waals surface area contributed by atoms with Crippen molar-refractivity contribution >= 4 is 5.91 Å². The molecular formula is C15H15F2NO3. The van der Waals surface area contributed by atoms with Gasteiger partial charge in [0.05, 0.1) is 0 Å². The van der Waals surface area contributed by atoms with Crippen LogP contribution in [0.25, 0.3) is 0 Å². The lowest BCUT2D eigenvalue weighted by atomic mass is 10.3. The van der Waals surface area contributed by atoms with Gasteiger partial charge >= 0.3 is 0 Å². The summed E-state index contributed by atoms with van der Waals surface area (Å²) in [6.07, 6.45) is 0.826. The maximum Gasteiger partial charge on any atom is 0.286 e. The zero-order chi connectivity index (χ0) is 15.2. The first-order valence-electron chi connectivity index (χ1n) is 6.55. The number of hydrogen-bond acceptors (Lipinski definition) is 3. The third kappa shape index (κ3) is 4.05. The highest BCUT2D eigenvalue weighted by atomic mass is 19.1. The SMILES string of the molecule is CCCNC(=O)c1ccc(COc2ccc(F)cc2F)o1. The van der Waals surface area contributed by atoms with Crippen LogP contribution in [0.5, 0.6) is 5.75 Å². The summed E-state index contributed by atoms with van der Waals surface area (Å²) in [7, 11) is 0. The molecule has 0 radical (unpaired) electrons. The zero-order valence-corrected chi connectivity index (χ0v) is 11.5. The Morgan fingerprint density at radius 3 is 2.81 bits per heavy atom. The highest BCUT2D eigenvalue weighted by Gasteiger charge is 2.11. The molecule has 112 valence electrons. The molecule has 21 heavy (non-hydrogen) atoms. The van der Waals surface area contributed by atoms with E-state index in [0.717, 1.165) is 18.6 Å². The van der Waals surface area contributed by atoms with Gasteiger partial charge in [0, 0.05) is 12.6 Å². The highest BCUT2D eigenvalue weighted by molar-refractivity contribution is 5.91. The molecule has 0 unspecified atom stereocenters. The summed E-state index contributed by atoms with van der Waals surface area (Å²) in [4.78, 5) is 11.6. The third-order valence-electron chi connectivity index (χ3n) is 2.68. The fourth-order valence-electron chi connectivity index (χ4n) is 1.64. The average molecular weight is 295 g/mol. The number of nitrogens with one attached hydrogen (secondary N) is 1. The number of carbonyl (C=O) groups excluding carboxylic acids is 1. The van der Waals surface area contributed by atoms with Gasteiger partial charge in [0.2, 0.25) is 0 Å². The summed E-state index contributed by atoms with van der Waals surface area (Å²) in [6, 6.07) is 6.13. The molecule has 0 atom stereocenters. The van der Waals surface area contributed by atoms with Crippen LogP contribution >= 0.6 is 0 Å². The summed E-state index contributed by atoms with van der Waals surface area (Å²) in [5.41, 5.74) is 0. The molecule has 0 aliphatic rings. The van der Waals surface area contributed by atoms with Crippen LogP contribution in [0, 0.1) is 11.6 Å². The Morgan fingerprint density at radius 2 is 2.10 bits per heavy atom. The average Bonchev–Trinajstić information content (AvgIpc) is 2.93. The maximum atomic E-state index is 13.4. The van der Waals surface area contributed by atoms with Crippen LogP contribution in [0.2, 0.25) is 0 Å². The smallest absolute Gasteiger partial charge is 0.286 e. The van der Waals surface area contributed by atoms with Gasteiger partial charge in [0.25, 0.3) is 5.91 Å². The third-order valence-corrected chi connectivity index (χ3v) is 2.68. The van der Waals surface area contributed by atoms with Crippen LogP contribution in [0.15, 0.2) is 34.7 Å². The number of benzene rings is 1. The molecule has 1 N–H and O–H groups in total. The van der Waals surface area contributed by atoms with E-state index in [1.807, 2.05) is 6.92 Å². The Labute approximate surface area is 120 Å². The summed E-state index contributed by atoms with van der Waals surface area (Å²) in [5.74, 6) is -1.31. The molecule has 1 aromatic heterocycles. The minimum atomic E-state index is -0.789. The summed E-state index contributed by atoms with van der Waals surface area (Å²) in [6.45, 7) is 2.45. The molecule has 0 aliphatic heterocycles. The molecule has 4 nitrogen and oxygen atoms in total. The van der Waals surface area contributed by atoms with Gasteiger partial charge in [-0.1, -0.05) is 6.92 Å². The number of furan rings is 1. The van der Waals surface area contributed by atoms with Crippen molar-refractivity contribution in [3.8, 4) is 5.75 Å². The normalized spacial score (nSPS) is 10.4. The van der Waals surface area contributed by atoms with Gasteiger partial charge < -0.3 is 14.5 Å². The predicted octanol–water partition coefficient (Wildman–Crippen LogP) is 3.28. The molecule has 1 amide bonds. The fraction of sp³-hybridized carbons (Fsp3) is 0.267. The molecule has 0 fully saturated rings. The van der Waals surface area contributed by atoms with Gasteiger partial charge in [0.1, 0.15) is 18.2 Å². The first-order chi connectivity index (χ1) is 10.1. The van der Waals surface area contributed by atoms with E-state index in [2.05, 4.69) is 5.32 Å². The fourth-order valence-corrected chi connectivity index (χ4v) is 1.64. The van der Waals surface area contributed by atoms with Crippen LogP contribution in [0.1, 0.15) is 29.7 Å². The van der Waals surface area contributed by atoms with Crippen LogP contribution in [-0.4, -0.2) is 12.5 Å². The second-order valence-corrected chi connectivity index (χ2v) is 4.39. The van der Waals surface area contributed by atoms with E-state index in [1.54, 1.807) is 6.07 Å². The highest BCUT2D eigenvalue weighted by Crippen LogP contribution is 2.19. The van der Waals surface area contributed by atoms with Crippen molar-refractivity contribution in [3.63, 3.8) is 0 Å². The van der Waals surface area contributed by atoms with Crippen molar-refractivity contribution in [2.45, 2.75) is 20.0 Å². The quantitative estimate of drug-likeness (QED) is 0.889. The van der Waals surface area contributed by atoms with E-state index in [9.17, 15) is 13.6 Å². The van der Waals surface area contributed by atoms with E-state index in [1.165, 1.54) is 12.1 Å². The largest absolute Gasteiger partial charge is 0.483 e. The molecule has 1 heterocycles. The van der Waals surface area contributed by atoms with Gasteiger partial charge in [-0.3, -0.25) is 4.79 Å². The maximum absolute atomic E-state index is 13.4. The lowest BCUT2D eigenvalue weighted by molar-refractivity contribution is 0.0921. The lowest BCUT2D eigenvalue weighted by Gasteiger charge is -2.05. The Bertz CT molecular complexity index is 625. The molecule has 0 saturated carbocycles. The van der Waals surface area contributed by atoms with Crippen molar-refractivity contribution in [2.24, 2.45) is 0 Å². The van der Waals surface area contributed by atoms with E-state index in [4.69, 9.17) is 9.15 Å². The Kier molecular flexibility index (Phi) is 4.92. The van der Waals surface area contributed by atoms with Crippen molar-refractivity contribution in [2.75, 3.05) is 6.54 Å². The molecule has 0 spiro atoms. The Hall–Kier alpha value is -2.37. The minimum absolute atomic E-state index is 0.0520. The van der Waals surface area contributed by atoms with Gasteiger partial charge in [-0.2, -0.15) is 0 Å². The van der Waals surface area contributed by atoms with Gasteiger partial charge in [0.15, 0.2) is 17.3 Å². The van der Waals surface area contributed by atoms with Gasteiger partial charge in [-0.25, -0.2) is 8.78 Å². The molecule has 1 aromatic carbocycles. The van der Waals surface area contributed by atoms with E-state index < -0.39 is 11.6 Å². The first-order valence-corrected chi connectivity index (χ1v) is 6.55. The van der Waals surface area contributed by atoms with E-state index >= 15 is 0 Å². The van der Waals surface area contributed by atoms with Crippen LogP contribution < -0.4 is 10.1 Å². The summed E-state index contributed by atoms with van der Waals surface area (Å²) < 4.78 is 36.6. The van der Waals surface area contributed by atoms with Crippen molar-refractivity contribution in [1.29, 1.82) is 0 Å². The van der Waals surface area contributed by atoms with Gasteiger partial charge in [-0.05, 0) is 30.7 Å². The van der Waals surface area contributed by atoms with E-state index in [-0.39, 0.29) is 24.0 Å². The predicted molar refractivity (Wildman–Crippen MR) is 72.0 cm³/mol. The first kappa shape index (κ1) is 15.0. The topological polar surface area (TPSA) is 51.5 Å². The molecule has 0 saturated heterocycles. The monoisotopic (exact) mass is 295 g/mol. The van der Waals surface area contributed by atoms with Crippen molar-refractivity contribution < 1.29 is 22.7 Å². The van der Waals surface area contributed by atoms with Crippen molar-refractivity contribution in [1.82, 2.24) is 5.32 Å². The minimum Gasteiger partial charge on any atom is -0.483 e. The molecule has 0 aliphatic carbocycles. The summed E-state index contributed by atoms with van der Waals surface area (Å²) in [5, 5.41) is 2.68. The van der Waals surface area contributed by atoms with Crippen LogP contribution in [-0.2, 0) is 6.61 Å². The molecular weight excluding hydrogens is 280 g/mol. The number of amides is 1. The standard InChI is InChI=1S/C15H15F2NO3/c1-2-7-18-15(19)14-6-4-11(21-14)9-20-13-5-3-10(16)8-12(13)17/h3-6,8H,2,7,9H2,1H3,(H,18,19). The zero-order valence-electron chi connectivity index (χ0n) is 11.5. The second-order valence-electron chi connectivity index (χ2n) is 4.39.